The van der Waals surface area contributed by atoms with Crippen LogP contribution >= 0.6 is 0 Å². The number of amides is 1. The number of rotatable bonds is 3. The number of nitrogens with zero attached hydrogens (tertiary/aromatic N) is 1. The van der Waals surface area contributed by atoms with Crippen LogP contribution in [0.1, 0.15) is 16.1 Å². The lowest BCUT2D eigenvalue weighted by atomic mass is 10.2. The van der Waals surface area contributed by atoms with Gasteiger partial charge >= 0.3 is 0 Å². The molecular formula is C10H12N2O. The number of aromatic nitrogens is 1. The summed E-state index contributed by atoms with van der Waals surface area (Å²) in [5.74, 6) is -0.0922. The molecule has 0 fully saturated rings. The Morgan fingerprint density at radius 3 is 3.15 bits per heavy atom. The molecular weight excluding hydrogens is 164 g/mol. The van der Waals surface area contributed by atoms with E-state index < -0.39 is 0 Å². The van der Waals surface area contributed by atoms with Gasteiger partial charge in [-0.3, -0.25) is 9.78 Å². The standard InChI is InChI=1S/C10H12N2O/c1-3-5-12-10(13)9-4-6-11-8(2)7-9/h3-4,6-7H,1,5H2,2H3,(H,12,13). The lowest BCUT2D eigenvalue weighted by Crippen LogP contribution is -2.23. The second-order valence-corrected chi connectivity index (χ2v) is 2.68. The minimum absolute atomic E-state index is 0.0922. The van der Waals surface area contributed by atoms with Crippen LogP contribution in [0.2, 0.25) is 0 Å². The molecule has 0 saturated heterocycles. The fourth-order valence-electron chi connectivity index (χ4n) is 0.954. The van der Waals surface area contributed by atoms with Crippen molar-refractivity contribution in [2.75, 3.05) is 6.54 Å². The first-order chi connectivity index (χ1) is 6.24. The van der Waals surface area contributed by atoms with Gasteiger partial charge in [0.05, 0.1) is 0 Å². The average molecular weight is 176 g/mol. The van der Waals surface area contributed by atoms with Crippen LogP contribution in [0.15, 0.2) is 31.0 Å². The Balaban J connectivity index is 2.71. The Morgan fingerprint density at radius 1 is 1.77 bits per heavy atom. The third-order valence-electron chi connectivity index (χ3n) is 1.57. The molecule has 1 aromatic heterocycles. The molecule has 1 N–H and O–H groups in total. The highest BCUT2D eigenvalue weighted by Crippen LogP contribution is 1.99. The van der Waals surface area contributed by atoms with E-state index in [9.17, 15) is 4.79 Å². The van der Waals surface area contributed by atoms with Crippen LogP contribution in [-0.2, 0) is 0 Å². The first-order valence-corrected chi connectivity index (χ1v) is 4.06. The zero-order valence-corrected chi connectivity index (χ0v) is 7.58. The number of pyridine rings is 1. The van der Waals surface area contributed by atoms with Crippen LogP contribution in [0.5, 0.6) is 0 Å². The molecule has 0 radical (unpaired) electrons. The van der Waals surface area contributed by atoms with Gasteiger partial charge in [-0.1, -0.05) is 6.08 Å². The summed E-state index contributed by atoms with van der Waals surface area (Å²) in [6, 6.07) is 3.43. The summed E-state index contributed by atoms with van der Waals surface area (Å²) in [5.41, 5.74) is 1.47. The van der Waals surface area contributed by atoms with Crippen molar-refractivity contribution >= 4 is 5.91 Å². The molecule has 0 unspecified atom stereocenters. The fourth-order valence-corrected chi connectivity index (χ4v) is 0.954. The molecule has 1 amide bonds. The maximum atomic E-state index is 11.4. The maximum absolute atomic E-state index is 11.4. The molecule has 13 heavy (non-hydrogen) atoms. The van der Waals surface area contributed by atoms with Crippen LogP contribution < -0.4 is 5.32 Å². The predicted octanol–water partition coefficient (Wildman–Crippen LogP) is 1.31. The predicted molar refractivity (Wildman–Crippen MR) is 51.5 cm³/mol. The van der Waals surface area contributed by atoms with Gasteiger partial charge in [-0.25, -0.2) is 0 Å². The van der Waals surface area contributed by atoms with Crippen molar-refractivity contribution < 1.29 is 4.79 Å². The van der Waals surface area contributed by atoms with Crippen molar-refractivity contribution in [3.8, 4) is 0 Å². The van der Waals surface area contributed by atoms with Gasteiger partial charge in [-0.15, -0.1) is 6.58 Å². The Kier molecular flexibility index (Phi) is 3.20. The van der Waals surface area contributed by atoms with E-state index in [-0.39, 0.29) is 5.91 Å². The number of carbonyl (C=O) groups is 1. The number of aryl methyl sites for hydroxylation is 1. The summed E-state index contributed by atoms with van der Waals surface area (Å²) in [6.45, 7) is 5.85. The van der Waals surface area contributed by atoms with Crippen molar-refractivity contribution in [3.05, 3.63) is 42.2 Å². The Labute approximate surface area is 77.5 Å². The van der Waals surface area contributed by atoms with E-state index in [0.717, 1.165) is 5.69 Å². The summed E-state index contributed by atoms with van der Waals surface area (Å²) in [4.78, 5) is 15.4. The van der Waals surface area contributed by atoms with Gasteiger partial charge in [0.1, 0.15) is 0 Å². The van der Waals surface area contributed by atoms with Gasteiger partial charge in [0.25, 0.3) is 5.91 Å². The minimum atomic E-state index is -0.0922. The summed E-state index contributed by atoms with van der Waals surface area (Å²) in [5, 5.41) is 2.69. The highest BCUT2D eigenvalue weighted by atomic mass is 16.1. The molecule has 0 atom stereocenters. The summed E-state index contributed by atoms with van der Waals surface area (Å²) in [7, 11) is 0. The van der Waals surface area contributed by atoms with Gasteiger partial charge < -0.3 is 5.32 Å². The van der Waals surface area contributed by atoms with E-state index in [2.05, 4.69) is 16.9 Å². The molecule has 0 aliphatic heterocycles. The Bertz CT molecular complexity index is 320. The molecule has 0 aliphatic carbocycles. The molecule has 1 heterocycles. The van der Waals surface area contributed by atoms with Crippen LogP contribution in [-0.4, -0.2) is 17.4 Å². The zero-order chi connectivity index (χ0) is 9.68. The third kappa shape index (κ3) is 2.71. The molecule has 3 nitrogen and oxygen atoms in total. The average Bonchev–Trinajstić information content (AvgIpc) is 2.14. The Hall–Kier alpha value is -1.64. The molecule has 3 heteroatoms. The molecule has 1 rings (SSSR count). The minimum Gasteiger partial charge on any atom is -0.349 e. The van der Waals surface area contributed by atoms with Gasteiger partial charge in [-0.2, -0.15) is 0 Å². The molecule has 0 saturated carbocycles. The van der Waals surface area contributed by atoms with Gasteiger partial charge in [-0.05, 0) is 19.1 Å². The van der Waals surface area contributed by atoms with E-state index in [1.54, 1.807) is 24.4 Å². The van der Waals surface area contributed by atoms with Crippen LogP contribution in [0.4, 0.5) is 0 Å². The summed E-state index contributed by atoms with van der Waals surface area (Å²) < 4.78 is 0. The third-order valence-corrected chi connectivity index (χ3v) is 1.57. The highest BCUT2D eigenvalue weighted by Gasteiger charge is 2.02. The summed E-state index contributed by atoms with van der Waals surface area (Å²) >= 11 is 0. The fraction of sp³-hybridized carbons (Fsp3) is 0.200. The monoisotopic (exact) mass is 176 g/mol. The lowest BCUT2D eigenvalue weighted by molar-refractivity contribution is 0.0958. The van der Waals surface area contributed by atoms with Crippen molar-refractivity contribution in [3.63, 3.8) is 0 Å². The van der Waals surface area contributed by atoms with Crippen molar-refractivity contribution in [2.45, 2.75) is 6.92 Å². The van der Waals surface area contributed by atoms with E-state index in [1.165, 1.54) is 0 Å². The lowest BCUT2D eigenvalue weighted by Gasteiger charge is -2.01. The molecule has 0 spiro atoms. The van der Waals surface area contributed by atoms with Crippen LogP contribution in [0.25, 0.3) is 0 Å². The quantitative estimate of drug-likeness (QED) is 0.705. The van der Waals surface area contributed by atoms with Gasteiger partial charge in [0.15, 0.2) is 0 Å². The van der Waals surface area contributed by atoms with Gasteiger partial charge in [0, 0.05) is 24.0 Å². The van der Waals surface area contributed by atoms with E-state index >= 15 is 0 Å². The highest BCUT2D eigenvalue weighted by molar-refractivity contribution is 5.94. The number of nitrogens with one attached hydrogen (secondary N) is 1. The van der Waals surface area contributed by atoms with E-state index in [0.29, 0.717) is 12.1 Å². The normalized spacial score (nSPS) is 9.31. The summed E-state index contributed by atoms with van der Waals surface area (Å²) in [6.07, 6.45) is 3.27. The van der Waals surface area contributed by atoms with Gasteiger partial charge in [0.2, 0.25) is 0 Å². The first kappa shape index (κ1) is 9.45. The van der Waals surface area contributed by atoms with Crippen molar-refractivity contribution in [1.82, 2.24) is 10.3 Å². The smallest absolute Gasteiger partial charge is 0.251 e. The van der Waals surface area contributed by atoms with Crippen LogP contribution in [0.3, 0.4) is 0 Å². The molecule has 1 aromatic rings. The Morgan fingerprint density at radius 2 is 2.54 bits per heavy atom. The van der Waals surface area contributed by atoms with Crippen LogP contribution in [0, 0.1) is 6.92 Å². The number of hydrogen-bond donors (Lipinski definition) is 1. The topological polar surface area (TPSA) is 42.0 Å². The van der Waals surface area contributed by atoms with E-state index in [1.807, 2.05) is 6.92 Å². The molecule has 0 aliphatic rings. The zero-order valence-electron chi connectivity index (χ0n) is 7.58. The number of carbonyl (C=O) groups excluding carboxylic acids is 1. The van der Waals surface area contributed by atoms with Crippen molar-refractivity contribution in [1.29, 1.82) is 0 Å². The largest absolute Gasteiger partial charge is 0.349 e. The number of hydrogen-bond acceptors (Lipinski definition) is 2. The van der Waals surface area contributed by atoms with Crippen molar-refractivity contribution in [2.24, 2.45) is 0 Å². The molecule has 0 bridgehead atoms. The second-order valence-electron chi connectivity index (χ2n) is 2.68. The maximum Gasteiger partial charge on any atom is 0.251 e. The first-order valence-electron chi connectivity index (χ1n) is 4.06. The van der Waals surface area contributed by atoms with E-state index in [4.69, 9.17) is 0 Å². The second kappa shape index (κ2) is 4.40. The molecule has 68 valence electrons. The molecule has 0 aromatic carbocycles. The SMILES string of the molecule is C=CCNC(=O)c1ccnc(C)c1.